The molecule has 1 N–H and O–H groups in total. The fraction of sp³-hybridized carbons (Fsp3) is 0.200. The third-order valence-electron chi connectivity index (χ3n) is 1.30. The minimum Gasteiger partial charge on any atom is -0.328 e. The van der Waals surface area contributed by atoms with Gasteiger partial charge in [-0.05, 0) is 6.92 Å². The van der Waals surface area contributed by atoms with Gasteiger partial charge in [-0.3, -0.25) is 0 Å². The van der Waals surface area contributed by atoms with Crippen molar-refractivity contribution in [3.8, 4) is 0 Å². The van der Waals surface area contributed by atoms with E-state index in [0.29, 0.717) is 0 Å². The molecule has 2 aromatic heterocycles. The Labute approximate surface area is 51.5 Å². The lowest BCUT2D eigenvalue weighted by Gasteiger charge is -1.75. The normalized spacial score (nSPS) is 10.8. The number of rotatable bonds is 0. The molecule has 0 saturated carbocycles. The second kappa shape index (κ2) is 1.34. The monoisotopic (exact) mass is 122 g/mol. The first-order valence-corrected chi connectivity index (χ1v) is 2.72. The van der Waals surface area contributed by atoms with E-state index in [1.165, 1.54) is 0 Å². The van der Waals surface area contributed by atoms with Crippen LogP contribution in [-0.2, 0) is 0 Å². The van der Waals surface area contributed by atoms with E-state index < -0.39 is 0 Å². The van der Waals surface area contributed by atoms with Gasteiger partial charge in [-0.1, -0.05) is 0 Å². The van der Waals surface area contributed by atoms with Crippen molar-refractivity contribution in [2.24, 2.45) is 0 Å². The van der Waals surface area contributed by atoms with Gasteiger partial charge in [0.1, 0.15) is 6.33 Å². The van der Waals surface area contributed by atoms with Crippen LogP contribution < -0.4 is 0 Å². The fourth-order valence-corrected chi connectivity index (χ4v) is 0.822. The Bertz CT molecular complexity index is 318. The quantitative estimate of drug-likeness (QED) is 0.548. The lowest BCUT2D eigenvalue weighted by Crippen LogP contribution is -1.82. The van der Waals surface area contributed by atoms with Crippen LogP contribution in [0.15, 0.2) is 12.5 Å². The molecule has 0 spiro atoms. The summed E-state index contributed by atoms with van der Waals surface area (Å²) < 4.78 is 1.56. The molecule has 0 atom stereocenters. The van der Waals surface area contributed by atoms with Crippen LogP contribution in [-0.4, -0.2) is 19.8 Å². The van der Waals surface area contributed by atoms with Gasteiger partial charge in [0.15, 0.2) is 5.65 Å². The number of H-pyrrole nitrogens is 1. The molecule has 0 aromatic carbocycles. The van der Waals surface area contributed by atoms with Crippen molar-refractivity contribution in [3.05, 3.63) is 18.1 Å². The molecular formula is C5H6N4. The van der Waals surface area contributed by atoms with Crippen LogP contribution in [0.2, 0.25) is 0 Å². The summed E-state index contributed by atoms with van der Waals surface area (Å²) in [6, 6.07) is 0. The van der Waals surface area contributed by atoms with E-state index in [-0.39, 0.29) is 0 Å². The highest BCUT2D eigenvalue weighted by atomic mass is 15.4. The number of aryl methyl sites for hydroxylation is 1. The van der Waals surface area contributed by atoms with Gasteiger partial charge in [-0.2, -0.15) is 5.10 Å². The minimum atomic E-state index is 0.968. The third kappa shape index (κ3) is 0.468. The first-order valence-electron chi connectivity index (χ1n) is 2.72. The number of hydrogen-bond acceptors (Lipinski definition) is 2. The second-order valence-electron chi connectivity index (χ2n) is 1.95. The van der Waals surface area contributed by atoms with E-state index in [9.17, 15) is 0 Å². The Morgan fingerprint density at radius 3 is 3.22 bits per heavy atom. The maximum absolute atomic E-state index is 3.95. The molecular weight excluding hydrogens is 116 g/mol. The smallest absolute Gasteiger partial charge is 0.158 e. The standard InChI is InChI=1S/C5H6N4/c1-4-2-7-9-5(4)6-3-8-9/h2-3H,1H3,(H,6,8). The Balaban J connectivity index is 2.99. The van der Waals surface area contributed by atoms with Crippen LogP contribution >= 0.6 is 0 Å². The van der Waals surface area contributed by atoms with Gasteiger partial charge >= 0.3 is 0 Å². The number of nitrogens with zero attached hydrogens (tertiary/aromatic N) is 3. The van der Waals surface area contributed by atoms with Gasteiger partial charge in [0, 0.05) is 5.56 Å². The van der Waals surface area contributed by atoms with Crippen LogP contribution in [0.5, 0.6) is 0 Å². The van der Waals surface area contributed by atoms with Crippen molar-refractivity contribution in [3.63, 3.8) is 0 Å². The SMILES string of the molecule is Cc1cnn2nc[nH]c12. The van der Waals surface area contributed by atoms with Gasteiger partial charge < -0.3 is 4.98 Å². The van der Waals surface area contributed by atoms with Gasteiger partial charge in [-0.25, -0.2) is 0 Å². The molecule has 0 radical (unpaired) electrons. The van der Waals surface area contributed by atoms with Crippen LogP contribution in [0.1, 0.15) is 5.56 Å². The summed E-state index contributed by atoms with van der Waals surface area (Å²) in [6.45, 7) is 1.99. The van der Waals surface area contributed by atoms with E-state index in [2.05, 4.69) is 15.2 Å². The second-order valence-corrected chi connectivity index (χ2v) is 1.95. The fourth-order valence-electron chi connectivity index (χ4n) is 0.822. The van der Waals surface area contributed by atoms with Crippen molar-refractivity contribution in [2.45, 2.75) is 6.92 Å². The highest BCUT2D eigenvalue weighted by Crippen LogP contribution is 2.01. The van der Waals surface area contributed by atoms with Crippen molar-refractivity contribution < 1.29 is 0 Å². The predicted octanol–water partition coefficient (Wildman–Crippen LogP) is 0.366. The van der Waals surface area contributed by atoms with Crippen LogP contribution in [0.3, 0.4) is 0 Å². The molecule has 2 aromatic rings. The first kappa shape index (κ1) is 4.55. The van der Waals surface area contributed by atoms with E-state index in [0.717, 1.165) is 11.2 Å². The van der Waals surface area contributed by atoms with E-state index in [1.54, 1.807) is 17.2 Å². The highest BCUT2D eigenvalue weighted by Gasteiger charge is 1.97. The van der Waals surface area contributed by atoms with Crippen LogP contribution in [0, 0.1) is 6.92 Å². The average molecular weight is 122 g/mol. The summed E-state index contributed by atoms with van der Waals surface area (Å²) in [5.41, 5.74) is 2.09. The summed E-state index contributed by atoms with van der Waals surface area (Å²) >= 11 is 0. The third-order valence-corrected chi connectivity index (χ3v) is 1.30. The maximum Gasteiger partial charge on any atom is 0.158 e. The molecule has 2 heterocycles. The Morgan fingerprint density at radius 2 is 2.44 bits per heavy atom. The predicted molar refractivity (Wildman–Crippen MR) is 32.1 cm³/mol. The van der Waals surface area contributed by atoms with Crippen molar-refractivity contribution in [1.82, 2.24) is 19.8 Å². The molecule has 0 fully saturated rings. The van der Waals surface area contributed by atoms with Crippen molar-refractivity contribution in [1.29, 1.82) is 0 Å². The zero-order valence-corrected chi connectivity index (χ0v) is 5.00. The molecule has 2 rings (SSSR count). The maximum atomic E-state index is 3.95. The number of aromatic amines is 1. The summed E-state index contributed by atoms with van der Waals surface area (Å²) in [7, 11) is 0. The molecule has 0 amide bonds. The highest BCUT2D eigenvalue weighted by molar-refractivity contribution is 5.43. The van der Waals surface area contributed by atoms with E-state index in [1.807, 2.05) is 6.92 Å². The largest absolute Gasteiger partial charge is 0.328 e. The van der Waals surface area contributed by atoms with Gasteiger partial charge in [-0.15, -0.1) is 9.73 Å². The minimum absolute atomic E-state index is 0.968. The number of nitrogens with one attached hydrogen (secondary N) is 1. The average Bonchev–Trinajstić information content (AvgIpc) is 2.35. The van der Waals surface area contributed by atoms with E-state index in [4.69, 9.17) is 0 Å². The molecule has 4 heteroatoms. The van der Waals surface area contributed by atoms with Gasteiger partial charge in [0.05, 0.1) is 6.20 Å². The number of hydrogen-bond donors (Lipinski definition) is 1. The van der Waals surface area contributed by atoms with Crippen molar-refractivity contribution >= 4 is 5.65 Å². The molecule has 0 saturated heterocycles. The Hall–Kier alpha value is -1.32. The Kier molecular flexibility index (Phi) is 0.677. The first-order chi connectivity index (χ1) is 4.38. The van der Waals surface area contributed by atoms with Crippen LogP contribution in [0.4, 0.5) is 0 Å². The van der Waals surface area contributed by atoms with E-state index >= 15 is 0 Å². The summed E-state index contributed by atoms with van der Waals surface area (Å²) in [5.74, 6) is 0. The van der Waals surface area contributed by atoms with Gasteiger partial charge in [0.2, 0.25) is 0 Å². The molecule has 0 aliphatic heterocycles. The molecule has 4 nitrogen and oxygen atoms in total. The summed E-state index contributed by atoms with van der Waals surface area (Å²) in [4.78, 5) is 2.96. The molecule has 46 valence electrons. The molecule has 0 unspecified atom stereocenters. The molecule has 0 bridgehead atoms. The topological polar surface area (TPSA) is 46.0 Å². The van der Waals surface area contributed by atoms with Gasteiger partial charge in [0.25, 0.3) is 0 Å². The summed E-state index contributed by atoms with van der Waals surface area (Å²) in [5, 5.41) is 7.84. The molecule has 0 aliphatic rings. The van der Waals surface area contributed by atoms with Crippen LogP contribution in [0.25, 0.3) is 5.65 Å². The zero-order valence-electron chi connectivity index (χ0n) is 5.00. The molecule has 9 heavy (non-hydrogen) atoms. The number of fused-ring (bicyclic) bond motifs is 1. The number of aromatic nitrogens is 4. The lowest BCUT2D eigenvalue weighted by atomic mass is 10.4. The lowest BCUT2D eigenvalue weighted by molar-refractivity contribution is 0.821. The Morgan fingerprint density at radius 1 is 1.56 bits per heavy atom. The van der Waals surface area contributed by atoms with Crippen molar-refractivity contribution in [2.75, 3.05) is 0 Å². The summed E-state index contributed by atoms with van der Waals surface area (Å²) in [6.07, 6.45) is 3.40. The molecule has 0 aliphatic carbocycles. The zero-order chi connectivity index (χ0) is 6.27.